The number of nitrogens with two attached hydrogens (primary N) is 1. The van der Waals surface area contributed by atoms with E-state index >= 15 is 0 Å². The quantitative estimate of drug-likeness (QED) is 0.352. The summed E-state index contributed by atoms with van der Waals surface area (Å²) in [7, 11) is 0. The number of aromatic amines is 1. The van der Waals surface area contributed by atoms with E-state index in [0.29, 0.717) is 40.0 Å². The number of nitrogens with zero attached hydrogens (tertiary/aromatic N) is 2. The number of amides is 2. The Balaban J connectivity index is 1.59. The molecule has 2 heterocycles. The molecule has 2 aromatic carbocycles. The third-order valence-electron chi connectivity index (χ3n) is 5.57. The van der Waals surface area contributed by atoms with E-state index in [4.69, 9.17) is 28.9 Å². The number of H-pyrrole nitrogens is 1. The van der Waals surface area contributed by atoms with Crippen molar-refractivity contribution in [2.75, 3.05) is 22.2 Å². The third-order valence-corrected chi connectivity index (χ3v) is 6.13. The molecule has 2 amide bonds. The van der Waals surface area contributed by atoms with Gasteiger partial charge in [0.25, 0.3) is 0 Å². The molecule has 0 fully saturated rings. The van der Waals surface area contributed by atoms with Crippen molar-refractivity contribution in [2.45, 2.75) is 26.8 Å². The lowest BCUT2D eigenvalue weighted by atomic mass is 10.00. The maximum atomic E-state index is 13.5. The van der Waals surface area contributed by atoms with Crippen molar-refractivity contribution >= 4 is 58.0 Å². The second-order valence-electron chi connectivity index (χ2n) is 8.24. The predicted octanol–water partition coefficient (Wildman–Crippen LogP) is 5.40. The van der Waals surface area contributed by atoms with E-state index in [0.717, 1.165) is 11.4 Å². The van der Waals surface area contributed by atoms with Crippen molar-refractivity contribution in [3.05, 3.63) is 74.9 Å². The molecule has 0 unspecified atom stereocenters. The molecule has 0 saturated heterocycles. The third kappa shape index (κ3) is 4.60. The van der Waals surface area contributed by atoms with Gasteiger partial charge in [-0.05, 0) is 62.7 Å². The average molecular weight is 499 g/mol. The van der Waals surface area contributed by atoms with Gasteiger partial charge in [0, 0.05) is 34.2 Å². The fourth-order valence-corrected chi connectivity index (χ4v) is 4.21. The highest BCUT2D eigenvalue weighted by Crippen LogP contribution is 2.31. The van der Waals surface area contributed by atoms with Gasteiger partial charge in [-0.2, -0.15) is 0 Å². The van der Waals surface area contributed by atoms with Crippen LogP contribution in [-0.2, 0) is 0 Å². The van der Waals surface area contributed by atoms with Gasteiger partial charge in [-0.1, -0.05) is 23.2 Å². The number of ketones is 1. The number of hydrogen-bond acceptors (Lipinski definition) is 5. The van der Waals surface area contributed by atoms with Crippen molar-refractivity contribution in [1.29, 1.82) is 0 Å². The van der Waals surface area contributed by atoms with E-state index in [9.17, 15) is 9.59 Å². The van der Waals surface area contributed by atoms with Crippen LogP contribution in [0.5, 0.6) is 0 Å². The molecule has 0 spiro atoms. The first-order valence-corrected chi connectivity index (χ1v) is 11.4. The molecular weight excluding hydrogens is 475 g/mol. The molecule has 1 aromatic heterocycles. The number of benzene rings is 2. The number of anilines is 3. The Morgan fingerprint density at radius 2 is 1.88 bits per heavy atom. The van der Waals surface area contributed by atoms with E-state index in [-0.39, 0.29) is 22.4 Å². The Kier molecular flexibility index (Phi) is 6.54. The first-order valence-electron chi connectivity index (χ1n) is 10.6. The van der Waals surface area contributed by atoms with Crippen molar-refractivity contribution in [3.63, 3.8) is 0 Å². The highest BCUT2D eigenvalue weighted by molar-refractivity contribution is 6.35. The molecule has 4 rings (SSSR count). The number of aryl methyl sites for hydroxylation is 1. The summed E-state index contributed by atoms with van der Waals surface area (Å²) in [6, 6.07) is 9.58. The van der Waals surface area contributed by atoms with Crippen molar-refractivity contribution in [2.24, 2.45) is 10.7 Å². The standard InChI is InChI=1S/C24H24Cl2N6O2/c1-12(2)32-11-29-22(27)20-17(10-28-23(20)32)21(33)16-9-15(5-6-18(16)26)30-24(34)31-19-7-4-14(25)8-13(19)3/h4-10,12,28H,11H2,1-3H3,(H2,27,29)(H2,30,31,34). The van der Waals surface area contributed by atoms with Crippen molar-refractivity contribution < 1.29 is 9.59 Å². The van der Waals surface area contributed by atoms with Gasteiger partial charge in [0.1, 0.15) is 18.3 Å². The molecule has 34 heavy (non-hydrogen) atoms. The molecular formula is C24H24Cl2N6O2. The van der Waals surface area contributed by atoms with Crippen molar-refractivity contribution in [3.8, 4) is 0 Å². The molecule has 0 radical (unpaired) electrons. The minimum Gasteiger partial charge on any atom is -0.383 e. The molecule has 0 saturated carbocycles. The van der Waals surface area contributed by atoms with Gasteiger partial charge in [-0.3, -0.25) is 4.79 Å². The lowest BCUT2D eigenvalue weighted by molar-refractivity contribution is 0.103. The average Bonchev–Trinajstić information content (AvgIpc) is 3.22. The second kappa shape index (κ2) is 9.40. The zero-order valence-corrected chi connectivity index (χ0v) is 20.4. The zero-order valence-electron chi connectivity index (χ0n) is 18.9. The minimum atomic E-state index is -0.464. The van der Waals surface area contributed by atoms with Crippen LogP contribution in [0.25, 0.3) is 0 Å². The Labute approximate surface area is 207 Å². The normalized spacial score (nSPS) is 12.9. The summed E-state index contributed by atoms with van der Waals surface area (Å²) in [6.45, 7) is 6.32. The Bertz CT molecular complexity index is 1310. The highest BCUT2D eigenvalue weighted by Gasteiger charge is 2.29. The summed E-state index contributed by atoms with van der Waals surface area (Å²) in [4.78, 5) is 35.5. The largest absolute Gasteiger partial charge is 0.383 e. The van der Waals surface area contributed by atoms with E-state index < -0.39 is 6.03 Å². The lowest BCUT2D eigenvalue weighted by Gasteiger charge is -2.30. The number of amidine groups is 1. The smallest absolute Gasteiger partial charge is 0.323 e. The number of urea groups is 1. The second-order valence-corrected chi connectivity index (χ2v) is 9.08. The lowest BCUT2D eigenvalue weighted by Crippen LogP contribution is -2.37. The van der Waals surface area contributed by atoms with Crippen LogP contribution in [0.2, 0.25) is 10.0 Å². The molecule has 1 aliphatic rings. The number of carbonyl (C=O) groups excluding carboxylic acids is 2. The van der Waals surface area contributed by atoms with Gasteiger partial charge in [-0.15, -0.1) is 0 Å². The predicted molar refractivity (Wildman–Crippen MR) is 138 cm³/mol. The molecule has 0 atom stereocenters. The van der Waals surface area contributed by atoms with Crippen LogP contribution in [0.15, 0.2) is 47.6 Å². The monoisotopic (exact) mass is 498 g/mol. The van der Waals surface area contributed by atoms with E-state index in [1.807, 2.05) is 25.7 Å². The Hall–Kier alpha value is -3.49. The van der Waals surface area contributed by atoms with Crippen LogP contribution in [-0.4, -0.2) is 35.3 Å². The number of hydrogen-bond donors (Lipinski definition) is 4. The fraction of sp³-hybridized carbons (Fsp3) is 0.208. The maximum Gasteiger partial charge on any atom is 0.323 e. The van der Waals surface area contributed by atoms with Crippen LogP contribution >= 0.6 is 23.2 Å². The molecule has 10 heteroatoms. The van der Waals surface area contributed by atoms with Gasteiger partial charge < -0.3 is 26.3 Å². The van der Waals surface area contributed by atoms with Gasteiger partial charge in [0.05, 0.1) is 16.1 Å². The minimum absolute atomic E-state index is 0.163. The van der Waals surface area contributed by atoms with Crippen LogP contribution in [0.3, 0.4) is 0 Å². The topological polar surface area (TPSA) is 116 Å². The number of aliphatic imine (C=N–C) groups is 1. The molecule has 176 valence electrons. The number of halogens is 2. The first kappa shape index (κ1) is 23.7. The molecule has 1 aliphatic heterocycles. The van der Waals surface area contributed by atoms with Gasteiger partial charge in [0.15, 0.2) is 5.78 Å². The fourth-order valence-electron chi connectivity index (χ4n) is 3.78. The Morgan fingerprint density at radius 1 is 1.12 bits per heavy atom. The summed E-state index contributed by atoms with van der Waals surface area (Å²) >= 11 is 12.3. The molecule has 0 aliphatic carbocycles. The highest BCUT2D eigenvalue weighted by atomic mass is 35.5. The zero-order chi connectivity index (χ0) is 24.6. The van der Waals surface area contributed by atoms with Crippen LogP contribution in [0, 0.1) is 6.92 Å². The van der Waals surface area contributed by atoms with E-state index in [2.05, 4.69) is 20.6 Å². The van der Waals surface area contributed by atoms with Crippen LogP contribution < -0.4 is 21.3 Å². The van der Waals surface area contributed by atoms with Gasteiger partial charge in [-0.25, -0.2) is 9.79 Å². The number of nitrogens with one attached hydrogen (secondary N) is 3. The summed E-state index contributed by atoms with van der Waals surface area (Å²) < 4.78 is 0. The summed E-state index contributed by atoms with van der Waals surface area (Å²) in [6.07, 6.45) is 1.61. The van der Waals surface area contributed by atoms with Gasteiger partial charge >= 0.3 is 6.03 Å². The number of rotatable bonds is 5. The Morgan fingerprint density at radius 3 is 2.59 bits per heavy atom. The van der Waals surface area contributed by atoms with Gasteiger partial charge in [0.2, 0.25) is 0 Å². The SMILES string of the molecule is Cc1cc(Cl)ccc1NC(=O)Nc1ccc(Cl)c(C(=O)c2c[nH]c3c2C(N)=NCN3C(C)C)c1. The first-order chi connectivity index (χ1) is 16.2. The molecule has 0 bridgehead atoms. The summed E-state index contributed by atoms with van der Waals surface area (Å²) in [5.74, 6) is 0.706. The summed E-state index contributed by atoms with van der Waals surface area (Å²) in [5.41, 5.74) is 9.14. The van der Waals surface area contributed by atoms with E-state index in [1.54, 1.807) is 36.5 Å². The number of fused-ring (bicyclic) bond motifs is 1. The summed E-state index contributed by atoms with van der Waals surface area (Å²) in [5, 5.41) is 6.34. The molecule has 5 N–H and O–H groups in total. The molecule has 8 nitrogen and oxygen atoms in total. The van der Waals surface area contributed by atoms with Crippen molar-refractivity contribution in [1.82, 2.24) is 4.98 Å². The van der Waals surface area contributed by atoms with Crippen LogP contribution in [0.1, 0.15) is 40.9 Å². The van der Waals surface area contributed by atoms with Crippen LogP contribution in [0.4, 0.5) is 22.0 Å². The van der Waals surface area contributed by atoms with E-state index in [1.165, 1.54) is 6.07 Å². The maximum absolute atomic E-state index is 13.5. The number of carbonyl (C=O) groups is 2. The number of aromatic nitrogens is 1. The molecule has 3 aromatic rings.